The molecule has 0 aromatic heterocycles. The minimum atomic E-state index is -0.631. The van der Waals surface area contributed by atoms with E-state index >= 15 is 0 Å². The molecule has 2 aromatic rings. The molecule has 6 heteroatoms. The van der Waals surface area contributed by atoms with E-state index < -0.39 is 5.97 Å². The highest BCUT2D eigenvalue weighted by Crippen LogP contribution is 2.27. The van der Waals surface area contributed by atoms with E-state index in [9.17, 15) is 9.59 Å². The summed E-state index contributed by atoms with van der Waals surface area (Å²) in [7, 11) is 2.98. The van der Waals surface area contributed by atoms with Gasteiger partial charge in [0.15, 0.2) is 23.9 Å². The predicted molar refractivity (Wildman–Crippen MR) is 95.3 cm³/mol. The maximum absolute atomic E-state index is 12.1. The number of halogens is 1. The van der Waals surface area contributed by atoms with Gasteiger partial charge >= 0.3 is 5.97 Å². The van der Waals surface area contributed by atoms with Crippen molar-refractivity contribution in [3.8, 4) is 11.5 Å². The van der Waals surface area contributed by atoms with Crippen molar-refractivity contribution in [1.82, 2.24) is 0 Å². The Kier molecular flexibility index (Phi) is 6.60. The second-order valence-electron chi connectivity index (χ2n) is 4.96. The zero-order chi connectivity index (χ0) is 18.2. The van der Waals surface area contributed by atoms with Crippen molar-refractivity contribution in [2.24, 2.45) is 0 Å². The van der Waals surface area contributed by atoms with Crippen LogP contribution in [0.25, 0.3) is 6.08 Å². The third-order valence-corrected chi connectivity index (χ3v) is 3.70. The molecular formula is C19H17ClO5. The normalized spacial score (nSPS) is 10.5. The molecule has 130 valence electrons. The number of ketones is 1. The van der Waals surface area contributed by atoms with E-state index in [1.165, 1.54) is 32.4 Å². The SMILES string of the molecule is COc1ccc(C(=O)COC(=O)/C=C/c2ccccc2Cl)cc1OC. The second kappa shape index (κ2) is 8.89. The summed E-state index contributed by atoms with van der Waals surface area (Å²) in [4.78, 5) is 23.9. The number of carbonyl (C=O) groups excluding carboxylic acids is 2. The van der Waals surface area contributed by atoms with Crippen LogP contribution in [0.3, 0.4) is 0 Å². The van der Waals surface area contributed by atoms with Crippen LogP contribution in [0.2, 0.25) is 5.02 Å². The smallest absolute Gasteiger partial charge is 0.331 e. The molecule has 0 bridgehead atoms. The standard InChI is InChI=1S/C19H17ClO5/c1-23-17-9-7-14(11-18(17)24-2)16(21)12-25-19(22)10-8-13-5-3-4-6-15(13)20/h3-11H,12H2,1-2H3/b10-8+. The first-order valence-corrected chi connectivity index (χ1v) is 7.77. The molecule has 0 aliphatic rings. The molecule has 0 saturated heterocycles. The largest absolute Gasteiger partial charge is 0.493 e. The van der Waals surface area contributed by atoms with Crippen LogP contribution in [0.15, 0.2) is 48.5 Å². The molecule has 0 spiro atoms. The van der Waals surface area contributed by atoms with Crippen LogP contribution in [0, 0.1) is 0 Å². The minimum Gasteiger partial charge on any atom is -0.493 e. The maximum atomic E-state index is 12.1. The lowest BCUT2D eigenvalue weighted by Gasteiger charge is -2.09. The Hall–Kier alpha value is -2.79. The summed E-state index contributed by atoms with van der Waals surface area (Å²) in [6.07, 6.45) is 2.76. The number of esters is 1. The molecular weight excluding hydrogens is 344 g/mol. The van der Waals surface area contributed by atoms with Gasteiger partial charge in [-0.1, -0.05) is 29.8 Å². The zero-order valence-corrected chi connectivity index (χ0v) is 14.6. The van der Waals surface area contributed by atoms with E-state index in [0.29, 0.717) is 27.6 Å². The van der Waals surface area contributed by atoms with Crippen LogP contribution in [-0.2, 0) is 9.53 Å². The number of benzene rings is 2. The lowest BCUT2D eigenvalue weighted by atomic mass is 10.1. The fourth-order valence-corrected chi connectivity index (χ4v) is 2.24. The summed E-state index contributed by atoms with van der Waals surface area (Å²) in [5.41, 5.74) is 1.05. The summed E-state index contributed by atoms with van der Waals surface area (Å²) in [5, 5.41) is 0.521. The van der Waals surface area contributed by atoms with Crippen LogP contribution in [-0.4, -0.2) is 32.6 Å². The Labute approximate surface area is 150 Å². The number of rotatable bonds is 7. The van der Waals surface area contributed by atoms with Crippen molar-refractivity contribution in [2.45, 2.75) is 0 Å². The van der Waals surface area contributed by atoms with Gasteiger partial charge in [0.05, 0.1) is 14.2 Å². The van der Waals surface area contributed by atoms with E-state index in [2.05, 4.69) is 0 Å². The average molecular weight is 361 g/mol. The van der Waals surface area contributed by atoms with Crippen molar-refractivity contribution < 1.29 is 23.8 Å². The zero-order valence-electron chi connectivity index (χ0n) is 13.8. The molecule has 0 radical (unpaired) electrons. The highest BCUT2D eigenvalue weighted by atomic mass is 35.5. The van der Waals surface area contributed by atoms with Crippen molar-refractivity contribution in [1.29, 1.82) is 0 Å². The summed E-state index contributed by atoms with van der Waals surface area (Å²) in [6, 6.07) is 11.8. The first-order chi connectivity index (χ1) is 12.0. The van der Waals surface area contributed by atoms with Gasteiger partial charge in [-0.25, -0.2) is 4.79 Å². The quantitative estimate of drug-likeness (QED) is 0.427. The van der Waals surface area contributed by atoms with Crippen LogP contribution in [0.5, 0.6) is 11.5 Å². The van der Waals surface area contributed by atoms with Crippen LogP contribution < -0.4 is 9.47 Å². The van der Waals surface area contributed by atoms with Gasteiger partial charge in [0.1, 0.15) is 0 Å². The first kappa shape index (κ1) is 18.5. The van der Waals surface area contributed by atoms with Crippen molar-refractivity contribution in [3.63, 3.8) is 0 Å². The number of methoxy groups -OCH3 is 2. The van der Waals surface area contributed by atoms with E-state index in [1.807, 2.05) is 0 Å². The molecule has 0 amide bonds. The van der Waals surface area contributed by atoms with Gasteiger partial charge in [0, 0.05) is 16.7 Å². The van der Waals surface area contributed by atoms with Crippen LogP contribution in [0.4, 0.5) is 0 Å². The third-order valence-electron chi connectivity index (χ3n) is 3.36. The molecule has 0 aliphatic heterocycles. The topological polar surface area (TPSA) is 61.8 Å². The monoisotopic (exact) mass is 360 g/mol. The first-order valence-electron chi connectivity index (χ1n) is 7.39. The summed E-state index contributed by atoms with van der Waals surface area (Å²) >= 11 is 5.99. The van der Waals surface area contributed by atoms with E-state index in [1.54, 1.807) is 36.4 Å². The minimum absolute atomic E-state index is 0.347. The van der Waals surface area contributed by atoms with Gasteiger partial charge in [-0.2, -0.15) is 0 Å². The van der Waals surface area contributed by atoms with Gasteiger partial charge < -0.3 is 14.2 Å². The molecule has 25 heavy (non-hydrogen) atoms. The predicted octanol–water partition coefficient (Wildman–Crippen LogP) is 3.80. The number of ether oxygens (including phenoxy) is 3. The fraction of sp³-hybridized carbons (Fsp3) is 0.158. The van der Waals surface area contributed by atoms with Gasteiger partial charge in [-0.3, -0.25) is 4.79 Å². The lowest BCUT2D eigenvalue weighted by Crippen LogP contribution is -2.12. The fourth-order valence-electron chi connectivity index (χ4n) is 2.05. The molecule has 0 fully saturated rings. The van der Waals surface area contributed by atoms with E-state index in [0.717, 1.165) is 0 Å². The Balaban J connectivity index is 1.95. The molecule has 0 heterocycles. The third kappa shape index (κ3) is 5.09. The summed E-state index contributed by atoms with van der Waals surface area (Å²) in [6.45, 7) is -0.374. The molecule has 0 aliphatic carbocycles. The molecule has 0 unspecified atom stereocenters. The molecule has 2 rings (SSSR count). The van der Waals surface area contributed by atoms with E-state index in [4.69, 9.17) is 25.8 Å². The Bertz CT molecular complexity index is 798. The van der Waals surface area contributed by atoms with Gasteiger partial charge in [0.2, 0.25) is 0 Å². The Morgan fingerprint density at radius 3 is 2.44 bits per heavy atom. The number of hydrogen-bond donors (Lipinski definition) is 0. The van der Waals surface area contributed by atoms with Gasteiger partial charge in [-0.15, -0.1) is 0 Å². The molecule has 0 atom stereocenters. The maximum Gasteiger partial charge on any atom is 0.331 e. The molecule has 5 nitrogen and oxygen atoms in total. The second-order valence-corrected chi connectivity index (χ2v) is 5.36. The van der Waals surface area contributed by atoms with Crippen molar-refractivity contribution >= 4 is 29.4 Å². The molecule has 0 N–H and O–H groups in total. The number of hydrogen-bond acceptors (Lipinski definition) is 5. The number of Topliss-reactive ketones (excluding diaryl/α,β-unsaturated/α-hetero) is 1. The Morgan fingerprint density at radius 1 is 1.04 bits per heavy atom. The average Bonchev–Trinajstić information content (AvgIpc) is 2.64. The summed E-state index contributed by atoms with van der Waals surface area (Å²) < 4.78 is 15.2. The summed E-state index contributed by atoms with van der Waals surface area (Å²) in [5.74, 6) is -0.0359. The van der Waals surface area contributed by atoms with Crippen molar-refractivity contribution in [3.05, 3.63) is 64.7 Å². The van der Waals surface area contributed by atoms with Crippen LogP contribution in [0.1, 0.15) is 15.9 Å². The highest BCUT2D eigenvalue weighted by Gasteiger charge is 2.12. The van der Waals surface area contributed by atoms with Gasteiger partial charge in [0.25, 0.3) is 0 Å². The highest BCUT2D eigenvalue weighted by molar-refractivity contribution is 6.32. The van der Waals surface area contributed by atoms with E-state index in [-0.39, 0.29) is 12.4 Å². The van der Waals surface area contributed by atoms with Crippen molar-refractivity contribution in [2.75, 3.05) is 20.8 Å². The van der Waals surface area contributed by atoms with Crippen LogP contribution >= 0.6 is 11.6 Å². The molecule has 2 aromatic carbocycles. The van der Waals surface area contributed by atoms with Gasteiger partial charge in [-0.05, 0) is 35.9 Å². The Morgan fingerprint density at radius 2 is 1.76 bits per heavy atom. The number of carbonyl (C=O) groups is 2. The molecule has 0 saturated carbocycles. The lowest BCUT2D eigenvalue weighted by molar-refractivity contribution is -0.136.